The third-order valence-corrected chi connectivity index (χ3v) is 5.14. The van der Waals surface area contributed by atoms with Crippen molar-refractivity contribution in [1.82, 2.24) is 9.88 Å². The first-order chi connectivity index (χ1) is 11.2. The lowest BCUT2D eigenvalue weighted by Gasteiger charge is -2.31. The van der Waals surface area contributed by atoms with Crippen LogP contribution in [0.15, 0.2) is 29.6 Å². The molecule has 0 atom stereocenters. The second kappa shape index (κ2) is 7.23. The summed E-state index contributed by atoms with van der Waals surface area (Å²) >= 11 is 1.63. The van der Waals surface area contributed by atoms with E-state index in [0.29, 0.717) is 6.10 Å². The topological polar surface area (TPSA) is 42.4 Å². The summed E-state index contributed by atoms with van der Waals surface area (Å²) in [7, 11) is 0. The van der Waals surface area contributed by atoms with Gasteiger partial charge in [-0.25, -0.2) is 4.98 Å². The second-order valence-electron chi connectivity index (χ2n) is 5.82. The van der Waals surface area contributed by atoms with Crippen molar-refractivity contribution >= 4 is 17.2 Å². The fourth-order valence-electron chi connectivity index (χ4n) is 2.89. The summed E-state index contributed by atoms with van der Waals surface area (Å²) in [6.45, 7) is 6.30. The van der Waals surface area contributed by atoms with Crippen LogP contribution in [0.4, 0.5) is 0 Å². The zero-order valence-corrected chi connectivity index (χ0v) is 14.4. The monoisotopic (exact) mass is 330 g/mol. The standard InChI is InChI=1S/C18H22N2O2S/c1-3-22-16-8-10-20(11-9-16)18(21)15-6-4-14(5-7-15)17-19-13(2)12-23-17/h4-7,12,16H,3,8-11H2,1-2H3. The van der Waals surface area contributed by atoms with E-state index in [1.54, 1.807) is 11.3 Å². The number of benzene rings is 1. The number of ether oxygens (including phenoxy) is 1. The Morgan fingerprint density at radius 3 is 2.57 bits per heavy atom. The molecule has 1 aromatic carbocycles. The van der Waals surface area contributed by atoms with Crippen LogP contribution < -0.4 is 0 Å². The highest BCUT2D eigenvalue weighted by atomic mass is 32.1. The summed E-state index contributed by atoms with van der Waals surface area (Å²) in [6, 6.07) is 7.78. The van der Waals surface area contributed by atoms with Gasteiger partial charge < -0.3 is 9.64 Å². The molecule has 0 N–H and O–H groups in total. The van der Waals surface area contributed by atoms with E-state index in [0.717, 1.165) is 54.4 Å². The Morgan fingerprint density at radius 2 is 2.00 bits per heavy atom. The molecule has 0 radical (unpaired) electrons. The zero-order valence-electron chi connectivity index (χ0n) is 13.6. The molecule has 0 saturated carbocycles. The van der Waals surface area contributed by atoms with Crippen molar-refractivity contribution < 1.29 is 9.53 Å². The van der Waals surface area contributed by atoms with Crippen LogP contribution in [-0.2, 0) is 4.74 Å². The van der Waals surface area contributed by atoms with Gasteiger partial charge >= 0.3 is 0 Å². The predicted octanol–water partition coefficient (Wildman–Crippen LogP) is 3.76. The normalized spacial score (nSPS) is 15.8. The fraction of sp³-hybridized carbons (Fsp3) is 0.444. The SMILES string of the molecule is CCOC1CCN(C(=O)c2ccc(-c3nc(C)cs3)cc2)CC1. The maximum atomic E-state index is 12.6. The first-order valence-corrected chi connectivity index (χ1v) is 8.98. The van der Waals surface area contributed by atoms with Crippen molar-refractivity contribution in [1.29, 1.82) is 0 Å². The Kier molecular flexibility index (Phi) is 5.08. The number of aryl methyl sites for hydroxylation is 1. The number of hydrogen-bond acceptors (Lipinski definition) is 4. The summed E-state index contributed by atoms with van der Waals surface area (Å²) in [5, 5.41) is 3.04. The summed E-state index contributed by atoms with van der Waals surface area (Å²) in [5.41, 5.74) is 2.84. The van der Waals surface area contributed by atoms with Crippen LogP contribution in [0.25, 0.3) is 10.6 Å². The molecule has 1 aliphatic rings. The molecule has 0 spiro atoms. The van der Waals surface area contributed by atoms with E-state index in [4.69, 9.17) is 4.74 Å². The molecule has 2 heterocycles. The largest absolute Gasteiger partial charge is 0.378 e. The zero-order chi connectivity index (χ0) is 16.2. The van der Waals surface area contributed by atoms with Crippen LogP contribution in [0.5, 0.6) is 0 Å². The van der Waals surface area contributed by atoms with Crippen molar-refractivity contribution in [2.24, 2.45) is 0 Å². The summed E-state index contributed by atoms with van der Waals surface area (Å²) in [4.78, 5) is 19.0. The maximum Gasteiger partial charge on any atom is 0.253 e. The predicted molar refractivity (Wildman–Crippen MR) is 92.8 cm³/mol. The molecule has 4 nitrogen and oxygen atoms in total. The van der Waals surface area contributed by atoms with Gasteiger partial charge in [0.1, 0.15) is 5.01 Å². The van der Waals surface area contributed by atoms with Gasteiger partial charge in [0.25, 0.3) is 5.91 Å². The first kappa shape index (κ1) is 16.1. The third kappa shape index (κ3) is 3.79. The Balaban J connectivity index is 1.64. The van der Waals surface area contributed by atoms with Gasteiger partial charge in [-0.1, -0.05) is 12.1 Å². The fourth-order valence-corrected chi connectivity index (χ4v) is 3.69. The molecule has 2 aromatic rings. The number of amides is 1. The Bertz CT molecular complexity index is 658. The number of likely N-dealkylation sites (tertiary alicyclic amines) is 1. The third-order valence-electron chi connectivity index (χ3n) is 4.13. The quantitative estimate of drug-likeness (QED) is 0.857. The van der Waals surface area contributed by atoms with Crippen molar-refractivity contribution in [2.75, 3.05) is 19.7 Å². The van der Waals surface area contributed by atoms with Crippen LogP contribution in [-0.4, -0.2) is 41.6 Å². The van der Waals surface area contributed by atoms with E-state index in [1.165, 1.54) is 0 Å². The minimum absolute atomic E-state index is 0.113. The van der Waals surface area contributed by atoms with Gasteiger partial charge in [0.2, 0.25) is 0 Å². The lowest BCUT2D eigenvalue weighted by molar-refractivity contribution is 0.0146. The lowest BCUT2D eigenvalue weighted by atomic mass is 10.1. The highest BCUT2D eigenvalue weighted by Crippen LogP contribution is 2.24. The number of thiazole rings is 1. The molecule has 0 bridgehead atoms. The summed E-state index contributed by atoms with van der Waals surface area (Å²) in [6.07, 6.45) is 2.16. The number of nitrogens with zero attached hydrogens (tertiary/aromatic N) is 2. The minimum Gasteiger partial charge on any atom is -0.378 e. The highest BCUT2D eigenvalue weighted by molar-refractivity contribution is 7.13. The second-order valence-corrected chi connectivity index (χ2v) is 6.68. The molecule has 3 rings (SSSR count). The molecule has 23 heavy (non-hydrogen) atoms. The molecule has 0 unspecified atom stereocenters. The van der Waals surface area contributed by atoms with Crippen LogP contribution >= 0.6 is 11.3 Å². The van der Waals surface area contributed by atoms with Crippen LogP contribution in [0.2, 0.25) is 0 Å². The van der Waals surface area contributed by atoms with Gasteiger partial charge in [0, 0.05) is 41.9 Å². The van der Waals surface area contributed by atoms with E-state index in [2.05, 4.69) is 4.98 Å². The number of carbonyl (C=O) groups is 1. The maximum absolute atomic E-state index is 12.6. The number of aromatic nitrogens is 1. The van der Waals surface area contributed by atoms with Gasteiger partial charge in [-0.2, -0.15) is 0 Å². The van der Waals surface area contributed by atoms with Gasteiger partial charge in [0.05, 0.1) is 6.10 Å². The van der Waals surface area contributed by atoms with Crippen molar-refractivity contribution in [3.8, 4) is 10.6 Å². The average molecular weight is 330 g/mol. The number of rotatable bonds is 4. The van der Waals surface area contributed by atoms with Gasteiger partial charge in [-0.3, -0.25) is 4.79 Å². The molecule has 1 amide bonds. The smallest absolute Gasteiger partial charge is 0.253 e. The Labute approximate surface area is 141 Å². The van der Waals surface area contributed by atoms with Crippen LogP contribution in [0.1, 0.15) is 35.8 Å². The van der Waals surface area contributed by atoms with Crippen LogP contribution in [0.3, 0.4) is 0 Å². The molecule has 5 heteroatoms. The lowest BCUT2D eigenvalue weighted by Crippen LogP contribution is -2.40. The molecule has 1 aromatic heterocycles. The van der Waals surface area contributed by atoms with E-state index in [-0.39, 0.29) is 5.91 Å². The minimum atomic E-state index is 0.113. The number of piperidine rings is 1. The average Bonchev–Trinajstić information content (AvgIpc) is 3.02. The van der Waals surface area contributed by atoms with Crippen molar-refractivity contribution in [2.45, 2.75) is 32.8 Å². The molecule has 122 valence electrons. The first-order valence-electron chi connectivity index (χ1n) is 8.11. The van der Waals surface area contributed by atoms with E-state index >= 15 is 0 Å². The van der Waals surface area contributed by atoms with Gasteiger partial charge in [-0.15, -0.1) is 11.3 Å². The van der Waals surface area contributed by atoms with Crippen molar-refractivity contribution in [3.63, 3.8) is 0 Å². The van der Waals surface area contributed by atoms with Crippen LogP contribution in [0, 0.1) is 6.92 Å². The molecule has 0 aliphatic carbocycles. The molecular formula is C18H22N2O2S. The summed E-state index contributed by atoms with van der Waals surface area (Å²) < 4.78 is 5.64. The molecule has 1 saturated heterocycles. The van der Waals surface area contributed by atoms with E-state index < -0.39 is 0 Å². The Hall–Kier alpha value is -1.72. The number of carbonyl (C=O) groups excluding carboxylic acids is 1. The Morgan fingerprint density at radius 1 is 1.30 bits per heavy atom. The molecule has 1 fully saturated rings. The van der Waals surface area contributed by atoms with E-state index in [1.807, 2.05) is 48.4 Å². The van der Waals surface area contributed by atoms with E-state index in [9.17, 15) is 4.79 Å². The van der Waals surface area contributed by atoms with Gasteiger partial charge in [-0.05, 0) is 38.8 Å². The summed E-state index contributed by atoms with van der Waals surface area (Å²) in [5.74, 6) is 0.113. The van der Waals surface area contributed by atoms with Crippen molar-refractivity contribution in [3.05, 3.63) is 40.9 Å². The van der Waals surface area contributed by atoms with Gasteiger partial charge in [0.15, 0.2) is 0 Å². The highest BCUT2D eigenvalue weighted by Gasteiger charge is 2.23. The molecule has 1 aliphatic heterocycles. The molecular weight excluding hydrogens is 308 g/mol. The number of hydrogen-bond donors (Lipinski definition) is 0.